The van der Waals surface area contributed by atoms with Crippen molar-refractivity contribution in [3.8, 4) is 0 Å². The van der Waals surface area contributed by atoms with Crippen molar-refractivity contribution in [2.75, 3.05) is 0 Å². The van der Waals surface area contributed by atoms with Gasteiger partial charge in [0.05, 0.1) is 0 Å². The van der Waals surface area contributed by atoms with E-state index in [9.17, 15) is 13.2 Å². The lowest BCUT2D eigenvalue weighted by Crippen LogP contribution is -2.07. The highest BCUT2D eigenvalue weighted by Crippen LogP contribution is 2.26. The zero-order valence-electron chi connectivity index (χ0n) is 9.78. The van der Waals surface area contributed by atoms with Gasteiger partial charge < -0.3 is 0 Å². The highest BCUT2D eigenvalue weighted by molar-refractivity contribution is 5.24. The highest BCUT2D eigenvalue weighted by atomic mass is 19.1. The average molecular weight is 255 g/mol. The molecule has 0 fully saturated rings. The molecule has 0 aliphatic heterocycles. The van der Waals surface area contributed by atoms with Gasteiger partial charge in [-0.25, -0.2) is 18.2 Å². The molecule has 2 rings (SSSR count). The van der Waals surface area contributed by atoms with Gasteiger partial charge in [-0.1, -0.05) is 6.92 Å². The zero-order valence-corrected chi connectivity index (χ0v) is 9.78. The predicted molar refractivity (Wildman–Crippen MR) is 59.4 cm³/mol. The third kappa shape index (κ3) is 2.69. The van der Waals surface area contributed by atoms with Crippen molar-refractivity contribution in [2.45, 2.75) is 25.8 Å². The van der Waals surface area contributed by atoms with Crippen LogP contribution in [0.2, 0.25) is 0 Å². The van der Waals surface area contributed by atoms with Gasteiger partial charge in [0.2, 0.25) is 0 Å². The molecule has 1 aromatic carbocycles. The van der Waals surface area contributed by atoms with E-state index in [0.717, 1.165) is 0 Å². The molecule has 18 heavy (non-hydrogen) atoms. The van der Waals surface area contributed by atoms with Crippen LogP contribution in [0.15, 0.2) is 24.8 Å². The second-order valence-electron chi connectivity index (χ2n) is 4.13. The minimum Gasteiger partial charge on any atom is -0.253 e. The molecule has 0 radical (unpaired) electrons. The Bertz CT molecular complexity index is 502. The molecule has 1 heterocycles. The normalized spacial score (nSPS) is 12.7. The number of benzene rings is 1. The molecule has 0 amide bonds. The molecule has 1 aromatic heterocycles. The first kappa shape index (κ1) is 12.6. The first-order valence-corrected chi connectivity index (χ1v) is 5.54. The second-order valence-corrected chi connectivity index (χ2v) is 4.13. The fourth-order valence-electron chi connectivity index (χ4n) is 1.84. The average Bonchev–Trinajstić information content (AvgIpc) is 2.77. The van der Waals surface area contributed by atoms with E-state index in [1.807, 2.05) is 0 Å². The van der Waals surface area contributed by atoms with Crippen molar-refractivity contribution in [3.05, 3.63) is 47.8 Å². The van der Waals surface area contributed by atoms with Gasteiger partial charge in [-0.05, 0) is 12.3 Å². The van der Waals surface area contributed by atoms with Gasteiger partial charge in [0.25, 0.3) is 0 Å². The predicted octanol–water partition coefficient (Wildman–Crippen LogP) is 2.89. The summed E-state index contributed by atoms with van der Waals surface area (Å²) in [5, 5.41) is 3.90. The highest BCUT2D eigenvalue weighted by Gasteiger charge is 2.17. The van der Waals surface area contributed by atoms with E-state index in [-0.39, 0.29) is 11.5 Å². The lowest BCUT2D eigenvalue weighted by Gasteiger charge is -2.13. The molecular formula is C12H12F3N3. The van der Waals surface area contributed by atoms with Crippen LogP contribution in [0.4, 0.5) is 13.2 Å². The smallest absolute Gasteiger partial charge is 0.137 e. The van der Waals surface area contributed by atoms with Gasteiger partial charge >= 0.3 is 0 Å². The summed E-state index contributed by atoms with van der Waals surface area (Å²) in [6.07, 6.45) is 3.41. The lowest BCUT2D eigenvalue weighted by atomic mass is 9.96. The molecule has 0 aliphatic carbocycles. The Kier molecular flexibility index (Phi) is 3.64. The maximum Gasteiger partial charge on any atom is 0.137 e. The third-order valence-electron chi connectivity index (χ3n) is 2.79. The lowest BCUT2D eigenvalue weighted by molar-refractivity contribution is 0.474. The topological polar surface area (TPSA) is 30.7 Å². The van der Waals surface area contributed by atoms with Gasteiger partial charge in [-0.15, -0.1) is 0 Å². The molecule has 0 N–H and O–H groups in total. The first-order chi connectivity index (χ1) is 8.58. The fourth-order valence-corrected chi connectivity index (χ4v) is 1.84. The van der Waals surface area contributed by atoms with Crippen molar-refractivity contribution in [2.24, 2.45) is 0 Å². The Labute approximate surface area is 102 Å². The second kappa shape index (κ2) is 5.20. The minimum absolute atomic E-state index is 0.0866. The molecule has 0 saturated carbocycles. The van der Waals surface area contributed by atoms with Crippen LogP contribution < -0.4 is 0 Å². The molecule has 0 bridgehead atoms. The van der Waals surface area contributed by atoms with Crippen LogP contribution in [0.3, 0.4) is 0 Å². The van der Waals surface area contributed by atoms with Gasteiger partial charge in [-0.3, -0.25) is 4.68 Å². The van der Waals surface area contributed by atoms with E-state index >= 15 is 0 Å². The Morgan fingerprint density at radius 1 is 1.22 bits per heavy atom. The summed E-state index contributed by atoms with van der Waals surface area (Å²) < 4.78 is 41.4. The summed E-state index contributed by atoms with van der Waals surface area (Å²) in [5.74, 6) is -2.97. The fraction of sp³-hybridized carbons (Fsp3) is 0.333. The maximum atomic E-state index is 13.5. The Morgan fingerprint density at radius 3 is 2.44 bits per heavy atom. The molecule has 0 spiro atoms. The minimum atomic E-state index is -0.905. The molecule has 3 nitrogen and oxygen atoms in total. The number of rotatable bonds is 4. The molecule has 1 atom stereocenters. The summed E-state index contributed by atoms with van der Waals surface area (Å²) in [5.41, 5.74) is -0.0866. The Balaban J connectivity index is 2.11. The quantitative estimate of drug-likeness (QED) is 0.841. The number of hydrogen-bond acceptors (Lipinski definition) is 2. The van der Waals surface area contributed by atoms with E-state index in [0.29, 0.717) is 25.1 Å². The van der Waals surface area contributed by atoms with E-state index in [2.05, 4.69) is 10.1 Å². The third-order valence-corrected chi connectivity index (χ3v) is 2.79. The van der Waals surface area contributed by atoms with E-state index < -0.39 is 17.5 Å². The summed E-state index contributed by atoms with van der Waals surface area (Å²) in [7, 11) is 0. The van der Waals surface area contributed by atoms with E-state index in [1.54, 1.807) is 11.6 Å². The molecule has 2 aromatic rings. The van der Waals surface area contributed by atoms with Crippen molar-refractivity contribution >= 4 is 0 Å². The van der Waals surface area contributed by atoms with Crippen molar-refractivity contribution < 1.29 is 13.2 Å². The largest absolute Gasteiger partial charge is 0.253 e. The number of aryl methyl sites for hydroxylation is 1. The summed E-state index contributed by atoms with van der Waals surface area (Å²) in [4.78, 5) is 3.77. The number of aromatic nitrogens is 3. The van der Waals surface area contributed by atoms with Gasteiger partial charge in [0, 0.05) is 24.2 Å². The number of halogens is 3. The zero-order chi connectivity index (χ0) is 13.1. The van der Waals surface area contributed by atoms with Crippen LogP contribution in [0.5, 0.6) is 0 Å². The van der Waals surface area contributed by atoms with Crippen LogP contribution in [0.25, 0.3) is 0 Å². The number of hydrogen-bond donors (Lipinski definition) is 0. The van der Waals surface area contributed by atoms with E-state index in [1.165, 1.54) is 12.7 Å². The molecular weight excluding hydrogens is 243 g/mol. The molecule has 96 valence electrons. The van der Waals surface area contributed by atoms with Crippen molar-refractivity contribution in [3.63, 3.8) is 0 Å². The standard InChI is InChI=1S/C12H12F3N3/c1-8(2-3-18-7-16-6-17-18)12-10(14)4-9(13)5-11(12)15/h4-8H,2-3H2,1H3/t8-/m1/s1. The van der Waals surface area contributed by atoms with E-state index in [4.69, 9.17) is 0 Å². The van der Waals surface area contributed by atoms with Crippen LogP contribution >= 0.6 is 0 Å². The molecule has 0 unspecified atom stereocenters. The van der Waals surface area contributed by atoms with Gasteiger partial charge in [-0.2, -0.15) is 5.10 Å². The monoisotopic (exact) mass is 255 g/mol. The summed E-state index contributed by atoms with van der Waals surface area (Å²) in [6, 6.07) is 1.40. The molecule has 0 aliphatic rings. The van der Waals surface area contributed by atoms with Crippen LogP contribution in [-0.4, -0.2) is 14.8 Å². The summed E-state index contributed by atoms with van der Waals surface area (Å²) in [6.45, 7) is 2.19. The van der Waals surface area contributed by atoms with Crippen molar-refractivity contribution in [1.29, 1.82) is 0 Å². The SMILES string of the molecule is C[C@H](CCn1cncn1)c1c(F)cc(F)cc1F. The Morgan fingerprint density at radius 2 is 1.89 bits per heavy atom. The summed E-state index contributed by atoms with van der Waals surface area (Å²) >= 11 is 0. The van der Waals surface area contributed by atoms with Crippen molar-refractivity contribution in [1.82, 2.24) is 14.8 Å². The van der Waals surface area contributed by atoms with Crippen LogP contribution in [0, 0.1) is 17.5 Å². The van der Waals surface area contributed by atoms with Gasteiger partial charge in [0.1, 0.15) is 30.1 Å². The van der Waals surface area contributed by atoms with Gasteiger partial charge in [0.15, 0.2) is 0 Å². The van der Waals surface area contributed by atoms with Crippen LogP contribution in [0.1, 0.15) is 24.8 Å². The number of nitrogens with zero attached hydrogens (tertiary/aromatic N) is 3. The molecule has 6 heteroatoms. The van der Waals surface area contributed by atoms with Crippen LogP contribution in [-0.2, 0) is 6.54 Å². The Hall–Kier alpha value is -1.85. The maximum absolute atomic E-state index is 13.5. The molecule has 0 saturated heterocycles. The first-order valence-electron chi connectivity index (χ1n) is 5.54.